The minimum absolute atomic E-state index is 0.0460. The molecule has 1 N–H and O–H groups in total. The van der Waals surface area contributed by atoms with Gasteiger partial charge in [0.25, 0.3) is 0 Å². The Morgan fingerprint density at radius 3 is 2.23 bits per heavy atom. The molecule has 2 amide bonds. The fourth-order valence-electron chi connectivity index (χ4n) is 2.79. The first-order valence-corrected chi connectivity index (χ1v) is 9.46. The van der Waals surface area contributed by atoms with Crippen LogP contribution in [0.1, 0.15) is 12.5 Å². The second-order valence-electron chi connectivity index (χ2n) is 6.31. The molecule has 0 atom stereocenters. The first-order valence-electron chi connectivity index (χ1n) is 8.70. The van der Waals surface area contributed by atoms with Crippen LogP contribution in [0, 0.1) is 11.6 Å². The van der Waals surface area contributed by atoms with Crippen molar-refractivity contribution in [3.05, 3.63) is 82.0 Å². The Bertz CT molecular complexity index is 1080. The normalized spacial score (nSPS) is 10.6. The van der Waals surface area contributed by atoms with Crippen molar-refractivity contribution >= 4 is 52.2 Å². The highest BCUT2D eigenvalue weighted by Gasteiger charge is 2.17. The number of pyridine rings is 1. The van der Waals surface area contributed by atoms with Crippen molar-refractivity contribution in [3.8, 4) is 0 Å². The van der Waals surface area contributed by atoms with E-state index in [4.69, 9.17) is 23.2 Å². The van der Waals surface area contributed by atoms with Crippen molar-refractivity contribution in [2.75, 3.05) is 10.2 Å². The van der Waals surface area contributed by atoms with Crippen molar-refractivity contribution < 1.29 is 18.4 Å². The molecule has 0 aliphatic carbocycles. The van der Waals surface area contributed by atoms with E-state index >= 15 is 0 Å². The summed E-state index contributed by atoms with van der Waals surface area (Å²) in [7, 11) is 0. The molecule has 9 heteroatoms. The van der Waals surface area contributed by atoms with Crippen LogP contribution in [-0.4, -0.2) is 16.8 Å². The van der Waals surface area contributed by atoms with Crippen LogP contribution in [0.2, 0.25) is 10.0 Å². The van der Waals surface area contributed by atoms with Gasteiger partial charge in [-0.2, -0.15) is 0 Å². The summed E-state index contributed by atoms with van der Waals surface area (Å²) in [6.07, 6.45) is 1.24. The van der Waals surface area contributed by atoms with Crippen LogP contribution in [0.15, 0.2) is 54.7 Å². The SMILES string of the molecule is CC(=O)N(c1ccc(F)cc1)c1cc(NC(=O)Cc2c(Cl)cc(F)cc2Cl)ccn1. The average molecular weight is 450 g/mol. The number of amides is 2. The Hall–Kier alpha value is -3.03. The molecule has 154 valence electrons. The second kappa shape index (κ2) is 9.19. The van der Waals surface area contributed by atoms with E-state index in [0.29, 0.717) is 16.9 Å². The Morgan fingerprint density at radius 1 is 1.00 bits per heavy atom. The van der Waals surface area contributed by atoms with E-state index in [1.807, 2.05) is 0 Å². The molecule has 2 aromatic carbocycles. The number of rotatable bonds is 5. The maximum atomic E-state index is 13.3. The van der Waals surface area contributed by atoms with Crippen molar-refractivity contribution in [3.63, 3.8) is 0 Å². The summed E-state index contributed by atoms with van der Waals surface area (Å²) >= 11 is 12.0. The molecular formula is C21H15Cl2F2N3O2. The summed E-state index contributed by atoms with van der Waals surface area (Å²) < 4.78 is 26.5. The number of carbonyl (C=O) groups is 2. The molecule has 0 aliphatic rings. The molecule has 0 aliphatic heterocycles. The summed E-state index contributed by atoms with van der Waals surface area (Å²) in [4.78, 5) is 30.0. The fraction of sp³-hybridized carbons (Fsp3) is 0.0952. The summed E-state index contributed by atoms with van der Waals surface area (Å²) in [5.74, 6) is -1.58. The smallest absolute Gasteiger partial charge is 0.229 e. The van der Waals surface area contributed by atoms with Gasteiger partial charge < -0.3 is 5.32 Å². The van der Waals surface area contributed by atoms with Crippen molar-refractivity contribution in [1.29, 1.82) is 0 Å². The highest BCUT2D eigenvalue weighted by molar-refractivity contribution is 6.36. The lowest BCUT2D eigenvalue weighted by molar-refractivity contribution is -0.116. The first kappa shape index (κ1) is 21.7. The van der Waals surface area contributed by atoms with E-state index in [-0.39, 0.29) is 28.2 Å². The Morgan fingerprint density at radius 2 is 1.63 bits per heavy atom. The predicted molar refractivity (Wildman–Crippen MR) is 112 cm³/mol. The van der Waals surface area contributed by atoms with Crippen LogP contribution < -0.4 is 10.2 Å². The predicted octanol–water partition coefficient (Wildman–Crippen LogP) is 5.53. The van der Waals surface area contributed by atoms with Crippen LogP contribution >= 0.6 is 23.2 Å². The van der Waals surface area contributed by atoms with Crippen molar-refractivity contribution in [2.24, 2.45) is 0 Å². The van der Waals surface area contributed by atoms with Gasteiger partial charge in [0.05, 0.1) is 12.1 Å². The molecule has 1 aromatic heterocycles. The van der Waals surface area contributed by atoms with E-state index in [0.717, 1.165) is 12.1 Å². The molecule has 0 bridgehead atoms. The second-order valence-corrected chi connectivity index (χ2v) is 7.12. The third-order valence-corrected chi connectivity index (χ3v) is 4.78. The minimum atomic E-state index is -0.599. The monoisotopic (exact) mass is 449 g/mol. The van der Waals surface area contributed by atoms with E-state index in [1.165, 1.54) is 54.4 Å². The number of nitrogens with zero attached hydrogens (tertiary/aromatic N) is 2. The van der Waals surface area contributed by atoms with Gasteiger partial charge in [0.15, 0.2) is 0 Å². The quantitative estimate of drug-likeness (QED) is 0.556. The van der Waals surface area contributed by atoms with Gasteiger partial charge in [-0.05, 0) is 48.0 Å². The molecular weight excluding hydrogens is 435 g/mol. The van der Waals surface area contributed by atoms with E-state index < -0.39 is 17.5 Å². The average Bonchev–Trinajstić information content (AvgIpc) is 2.66. The van der Waals surface area contributed by atoms with Gasteiger partial charge in [-0.25, -0.2) is 13.8 Å². The van der Waals surface area contributed by atoms with Crippen LogP contribution in [0.4, 0.5) is 26.0 Å². The van der Waals surface area contributed by atoms with Gasteiger partial charge in [-0.15, -0.1) is 0 Å². The lowest BCUT2D eigenvalue weighted by Crippen LogP contribution is -2.24. The highest BCUT2D eigenvalue weighted by Crippen LogP contribution is 2.28. The lowest BCUT2D eigenvalue weighted by Gasteiger charge is -2.20. The molecule has 0 saturated carbocycles. The number of aromatic nitrogens is 1. The van der Waals surface area contributed by atoms with Gasteiger partial charge in [0.1, 0.15) is 17.5 Å². The van der Waals surface area contributed by atoms with Crippen LogP contribution in [0.3, 0.4) is 0 Å². The zero-order valence-electron chi connectivity index (χ0n) is 15.6. The van der Waals surface area contributed by atoms with Gasteiger partial charge in [0.2, 0.25) is 11.8 Å². The molecule has 0 radical (unpaired) electrons. The fourth-order valence-corrected chi connectivity index (χ4v) is 3.38. The maximum absolute atomic E-state index is 13.3. The van der Waals surface area contributed by atoms with E-state index in [2.05, 4.69) is 10.3 Å². The Kier molecular flexibility index (Phi) is 6.64. The van der Waals surface area contributed by atoms with E-state index in [1.54, 1.807) is 0 Å². The third-order valence-electron chi connectivity index (χ3n) is 4.10. The minimum Gasteiger partial charge on any atom is -0.326 e. The largest absolute Gasteiger partial charge is 0.326 e. The molecule has 3 aromatic rings. The van der Waals surface area contributed by atoms with Crippen molar-refractivity contribution in [2.45, 2.75) is 13.3 Å². The van der Waals surface area contributed by atoms with Gasteiger partial charge >= 0.3 is 0 Å². The summed E-state index contributed by atoms with van der Waals surface area (Å²) in [6, 6.07) is 10.5. The van der Waals surface area contributed by atoms with Gasteiger partial charge in [-0.1, -0.05) is 23.2 Å². The Labute approximate surface area is 181 Å². The maximum Gasteiger partial charge on any atom is 0.229 e. The lowest BCUT2D eigenvalue weighted by atomic mass is 10.1. The van der Waals surface area contributed by atoms with E-state index in [9.17, 15) is 18.4 Å². The number of carbonyl (C=O) groups excluding carboxylic acids is 2. The van der Waals surface area contributed by atoms with Gasteiger partial charge in [-0.3, -0.25) is 14.5 Å². The highest BCUT2D eigenvalue weighted by atomic mass is 35.5. The molecule has 0 spiro atoms. The zero-order valence-corrected chi connectivity index (χ0v) is 17.1. The van der Waals surface area contributed by atoms with Crippen LogP contribution in [0.5, 0.6) is 0 Å². The number of hydrogen-bond donors (Lipinski definition) is 1. The number of hydrogen-bond acceptors (Lipinski definition) is 3. The molecule has 3 rings (SSSR count). The zero-order chi connectivity index (χ0) is 21.8. The summed E-state index contributed by atoms with van der Waals surface area (Å²) in [5, 5.41) is 2.76. The molecule has 5 nitrogen and oxygen atoms in total. The third kappa shape index (κ3) is 5.11. The van der Waals surface area contributed by atoms with Gasteiger partial charge in [0, 0.05) is 34.9 Å². The molecule has 0 unspecified atom stereocenters. The molecule has 30 heavy (non-hydrogen) atoms. The number of nitrogens with one attached hydrogen (secondary N) is 1. The summed E-state index contributed by atoms with van der Waals surface area (Å²) in [6.45, 7) is 1.34. The summed E-state index contributed by atoms with van der Waals surface area (Å²) in [5.41, 5.74) is 1.08. The topological polar surface area (TPSA) is 62.3 Å². The molecule has 1 heterocycles. The number of halogens is 4. The number of benzene rings is 2. The van der Waals surface area contributed by atoms with Crippen LogP contribution in [-0.2, 0) is 16.0 Å². The standard InChI is InChI=1S/C21H15Cl2F2N3O2/c1-12(29)28(16-4-2-13(24)3-5-16)20-10-15(6-7-26-20)27-21(30)11-17-18(22)8-14(25)9-19(17)23/h2-10H,11H2,1H3,(H,26,27,30). The Balaban J connectivity index is 1.82. The molecule has 0 fully saturated rings. The number of anilines is 3. The van der Waals surface area contributed by atoms with Crippen molar-refractivity contribution in [1.82, 2.24) is 4.98 Å². The molecule has 0 saturated heterocycles. The van der Waals surface area contributed by atoms with Crippen LogP contribution in [0.25, 0.3) is 0 Å². The first-order chi connectivity index (χ1) is 14.2.